The Kier molecular flexibility index (Phi) is 6.14. The molecule has 0 saturated heterocycles. The van der Waals surface area contributed by atoms with Crippen LogP contribution in [-0.4, -0.2) is 23.3 Å². The Bertz CT molecular complexity index is 888. The molecular formula is C19H19N3O2S2. The number of thiazole rings is 1. The predicted molar refractivity (Wildman–Crippen MR) is 107 cm³/mol. The van der Waals surface area contributed by atoms with Gasteiger partial charge in [0.15, 0.2) is 0 Å². The zero-order chi connectivity index (χ0) is 18.4. The summed E-state index contributed by atoms with van der Waals surface area (Å²) in [7, 11) is 0. The molecule has 26 heavy (non-hydrogen) atoms. The second-order valence-electron chi connectivity index (χ2n) is 5.67. The molecule has 2 N–H and O–H groups in total. The van der Waals surface area contributed by atoms with Gasteiger partial charge < -0.3 is 10.6 Å². The van der Waals surface area contributed by atoms with Gasteiger partial charge in [-0.2, -0.15) is 11.3 Å². The van der Waals surface area contributed by atoms with Gasteiger partial charge in [-0.05, 0) is 29.5 Å². The quantitative estimate of drug-likeness (QED) is 0.651. The molecule has 0 radical (unpaired) electrons. The van der Waals surface area contributed by atoms with Crippen LogP contribution in [0.2, 0.25) is 0 Å². The summed E-state index contributed by atoms with van der Waals surface area (Å²) in [6.07, 6.45) is 0.999. The Hall–Kier alpha value is -2.51. The minimum absolute atomic E-state index is 0.0571. The van der Waals surface area contributed by atoms with Gasteiger partial charge in [0, 0.05) is 22.0 Å². The largest absolute Gasteiger partial charge is 0.347 e. The monoisotopic (exact) mass is 385 g/mol. The lowest BCUT2D eigenvalue weighted by atomic mass is 10.1. The highest BCUT2D eigenvalue weighted by atomic mass is 32.1. The number of benzene rings is 1. The standard InChI is InChI=1S/C19H19N3O2S2/c1-2-13-5-3-4-6-16(13)22-18(24)10-20-17(23)9-15-12-26-19(21-15)14-7-8-25-11-14/h3-8,11-12H,2,9-10H2,1H3,(H,20,23)(H,22,24). The number of anilines is 1. The fourth-order valence-corrected chi connectivity index (χ4v) is 3.99. The van der Waals surface area contributed by atoms with E-state index in [0.29, 0.717) is 5.69 Å². The summed E-state index contributed by atoms with van der Waals surface area (Å²) in [5.74, 6) is -0.456. The van der Waals surface area contributed by atoms with E-state index in [1.807, 2.05) is 53.4 Å². The van der Waals surface area contributed by atoms with Crippen molar-refractivity contribution in [3.8, 4) is 10.6 Å². The van der Waals surface area contributed by atoms with E-state index >= 15 is 0 Å². The molecule has 7 heteroatoms. The lowest BCUT2D eigenvalue weighted by Gasteiger charge is -2.10. The van der Waals surface area contributed by atoms with Gasteiger partial charge in [0.05, 0.1) is 18.7 Å². The Balaban J connectivity index is 1.49. The Morgan fingerprint density at radius 3 is 2.73 bits per heavy atom. The number of para-hydroxylation sites is 1. The molecule has 0 aliphatic heterocycles. The van der Waals surface area contributed by atoms with Crippen LogP contribution >= 0.6 is 22.7 Å². The molecule has 0 saturated carbocycles. The molecule has 1 aromatic carbocycles. The smallest absolute Gasteiger partial charge is 0.243 e. The maximum atomic E-state index is 12.1. The summed E-state index contributed by atoms with van der Waals surface area (Å²) < 4.78 is 0. The molecule has 5 nitrogen and oxygen atoms in total. The number of thiophene rings is 1. The summed E-state index contributed by atoms with van der Waals surface area (Å²) in [4.78, 5) is 28.6. The molecule has 3 rings (SSSR count). The molecule has 0 aliphatic rings. The van der Waals surface area contributed by atoms with E-state index < -0.39 is 0 Å². The van der Waals surface area contributed by atoms with Crippen molar-refractivity contribution in [2.75, 3.05) is 11.9 Å². The fourth-order valence-electron chi connectivity index (χ4n) is 2.46. The number of aryl methyl sites for hydroxylation is 1. The number of nitrogens with one attached hydrogen (secondary N) is 2. The summed E-state index contributed by atoms with van der Waals surface area (Å²) >= 11 is 3.13. The third-order valence-corrected chi connectivity index (χ3v) is 5.40. The van der Waals surface area contributed by atoms with Gasteiger partial charge >= 0.3 is 0 Å². The van der Waals surface area contributed by atoms with Crippen LogP contribution in [0.15, 0.2) is 46.5 Å². The first kappa shape index (κ1) is 18.3. The second-order valence-corrected chi connectivity index (χ2v) is 7.31. The number of hydrogen-bond acceptors (Lipinski definition) is 5. The first-order valence-electron chi connectivity index (χ1n) is 8.27. The van der Waals surface area contributed by atoms with Crippen LogP contribution in [0.4, 0.5) is 5.69 Å². The van der Waals surface area contributed by atoms with Crippen molar-refractivity contribution in [1.82, 2.24) is 10.3 Å². The van der Waals surface area contributed by atoms with Gasteiger partial charge in [0.25, 0.3) is 0 Å². The van der Waals surface area contributed by atoms with E-state index in [1.54, 1.807) is 11.3 Å². The average Bonchev–Trinajstić information content (AvgIpc) is 3.32. The highest BCUT2D eigenvalue weighted by Gasteiger charge is 2.11. The van der Waals surface area contributed by atoms with Crippen molar-refractivity contribution in [3.63, 3.8) is 0 Å². The molecular weight excluding hydrogens is 366 g/mol. The third-order valence-electron chi connectivity index (χ3n) is 3.78. The van der Waals surface area contributed by atoms with Crippen LogP contribution in [-0.2, 0) is 22.4 Å². The number of rotatable bonds is 7. The van der Waals surface area contributed by atoms with Gasteiger partial charge in [0.1, 0.15) is 5.01 Å². The van der Waals surface area contributed by atoms with Crippen molar-refractivity contribution in [1.29, 1.82) is 0 Å². The molecule has 0 unspecified atom stereocenters. The Morgan fingerprint density at radius 1 is 1.12 bits per heavy atom. The van der Waals surface area contributed by atoms with Crippen molar-refractivity contribution in [2.24, 2.45) is 0 Å². The maximum absolute atomic E-state index is 12.1. The van der Waals surface area contributed by atoms with Crippen LogP contribution in [0.25, 0.3) is 10.6 Å². The topological polar surface area (TPSA) is 71.1 Å². The van der Waals surface area contributed by atoms with Crippen molar-refractivity contribution in [2.45, 2.75) is 19.8 Å². The minimum Gasteiger partial charge on any atom is -0.347 e. The number of carbonyl (C=O) groups is 2. The van der Waals surface area contributed by atoms with E-state index in [4.69, 9.17) is 0 Å². The van der Waals surface area contributed by atoms with E-state index in [9.17, 15) is 9.59 Å². The number of aromatic nitrogens is 1. The van der Waals surface area contributed by atoms with E-state index in [0.717, 1.165) is 28.2 Å². The summed E-state index contributed by atoms with van der Waals surface area (Å²) in [6.45, 7) is 1.98. The number of amides is 2. The molecule has 2 heterocycles. The zero-order valence-electron chi connectivity index (χ0n) is 14.3. The summed E-state index contributed by atoms with van der Waals surface area (Å²) in [6, 6.07) is 9.66. The Labute approximate surface area is 160 Å². The van der Waals surface area contributed by atoms with Crippen LogP contribution in [0.3, 0.4) is 0 Å². The SMILES string of the molecule is CCc1ccccc1NC(=O)CNC(=O)Cc1csc(-c2ccsc2)n1. The van der Waals surface area contributed by atoms with Crippen molar-refractivity contribution >= 4 is 40.2 Å². The fraction of sp³-hybridized carbons (Fsp3) is 0.211. The summed E-state index contributed by atoms with van der Waals surface area (Å²) in [5, 5.41) is 12.3. The van der Waals surface area contributed by atoms with Crippen LogP contribution in [0.1, 0.15) is 18.2 Å². The van der Waals surface area contributed by atoms with Crippen molar-refractivity contribution in [3.05, 3.63) is 57.7 Å². The summed E-state index contributed by atoms with van der Waals surface area (Å²) in [5.41, 5.74) is 3.64. The van der Waals surface area contributed by atoms with Crippen LogP contribution in [0, 0.1) is 0 Å². The molecule has 0 spiro atoms. The first-order chi connectivity index (χ1) is 12.7. The van der Waals surface area contributed by atoms with Gasteiger partial charge in [-0.25, -0.2) is 4.98 Å². The van der Waals surface area contributed by atoms with E-state index in [2.05, 4.69) is 15.6 Å². The highest BCUT2D eigenvalue weighted by molar-refractivity contribution is 7.14. The lowest BCUT2D eigenvalue weighted by molar-refractivity contribution is -0.123. The van der Waals surface area contributed by atoms with E-state index in [-0.39, 0.29) is 24.8 Å². The first-order valence-corrected chi connectivity index (χ1v) is 10.1. The number of carbonyl (C=O) groups excluding carboxylic acids is 2. The highest BCUT2D eigenvalue weighted by Crippen LogP contribution is 2.25. The molecule has 0 atom stereocenters. The Morgan fingerprint density at radius 2 is 1.96 bits per heavy atom. The molecule has 134 valence electrons. The van der Waals surface area contributed by atoms with Crippen LogP contribution < -0.4 is 10.6 Å². The van der Waals surface area contributed by atoms with Gasteiger partial charge in [-0.3, -0.25) is 9.59 Å². The predicted octanol–water partition coefficient (Wildman–Crippen LogP) is 3.73. The van der Waals surface area contributed by atoms with Crippen LogP contribution in [0.5, 0.6) is 0 Å². The molecule has 2 amide bonds. The van der Waals surface area contributed by atoms with Gasteiger partial charge in [-0.15, -0.1) is 11.3 Å². The van der Waals surface area contributed by atoms with Crippen molar-refractivity contribution < 1.29 is 9.59 Å². The number of hydrogen-bond donors (Lipinski definition) is 2. The minimum atomic E-state index is -0.239. The van der Waals surface area contributed by atoms with Gasteiger partial charge in [0.2, 0.25) is 11.8 Å². The second kappa shape index (κ2) is 8.73. The molecule has 3 aromatic rings. The molecule has 0 fully saturated rings. The maximum Gasteiger partial charge on any atom is 0.243 e. The van der Waals surface area contributed by atoms with E-state index in [1.165, 1.54) is 11.3 Å². The molecule has 0 aliphatic carbocycles. The molecule has 0 bridgehead atoms. The zero-order valence-corrected chi connectivity index (χ0v) is 16.0. The normalized spacial score (nSPS) is 10.5. The lowest BCUT2D eigenvalue weighted by Crippen LogP contribution is -2.34. The molecule has 2 aromatic heterocycles. The number of nitrogens with zero attached hydrogens (tertiary/aromatic N) is 1. The average molecular weight is 386 g/mol. The van der Waals surface area contributed by atoms with Gasteiger partial charge in [-0.1, -0.05) is 25.1 Å². The third kappa shape index (κ3) is 4.77.